The van der Waals surface area contributed by atoms with Crippen LogP contribution in [0.5, 0.6) is 5.75 Å². The van der Waals surface area contributed by atoms with Crippen LogP contribution in [0, 0.1) is 0 Å². The Morgan fingerprint density at radius 3 is 2.05 bits per heavy atom. The van der Waals surface area contributed by atoms with Crippen LogP contribution in [0.3, 0.4) is 0 Å². The molecule has 2 N–H and O–H groups in total. The van der Waals surface area contributed by atoms with Crippen LogP contribution in [0.2, 0.25) is 0 Å². The molecule has 0 aliphatic heterocycles. The molecular formula is C15H26O4. The molecule has 2 unspecified atom stereocenters. The molecule has 0 heterocycles. The van der Waals surface area contributed by atoms with E-state index < -0.39 is 6.10 Å². The average Bonchev–Trinajstić information content (AvgIpc) is 2.38. The van der Waals surface area contributed by atoms with Crippen LogP contribution in [0.1, 0.15) is 27.2 Å². The first-order valence-electron chi connectivity index (χ1n) is 6.68. The SMILES string of the molecule is CC(O)COc1ccccc1.CCCOCC(C)O. The first kappa shape index (κ1) is 17.9. The summed E-state index contributed by atoms with van der Waals surface area (Å²) in [6.45, 7) is 7.03. The number of hydrogen-bond acceptors (Lipinski definition) is 4. The fraction of sp³-hybridized carbons (Fsp3) is 0.600. The van der Waals surface area contributed by atoms with E-state index in [4.69, 9.17) is 19.7 Å². The highest BCUT2D eigenvalue weighted by atomic mass is 16.5. The second-order valence-electron chi connectivity index (χ2n) is 4.40. The molecule has 4 nitrogen and oxygen atoms in total. The minimum Gasteiger partial charge on any atom is -0.491 e. The summed E-state index contributed by atoms with van der Waals surface area (Å²) in [7, 11) is 0. The molecule has 0 fully saturated rings. The molecule has 0 aromatic heterocycles. The van der Waals surface area contributed by atoms with Gasteiger partial charge in [0, 0.05) is 6.61 Å². The van der Waals surface area contributed by atoms with Crippen LogP contribution in [-0.2, 0) is 4.74 Å². The molecule has 1 rings (SSSR count). The van der Waals surface area contributed by atoms with Gasteiger partial charge < -0.3 is 19.7 Å². The molecule has 4 heteroatoms. The van der Waals surface area contributed by atoms with Gasteiger partial charge in [-0.05, 0) is 32.4 Å². The summed E-state index contributed by atoms with van der Waals surface area (Å²) in [5.41, 5.74) is 0. The quantitative estimate of drug-likeness (QED) is 0.746. The maximum atomic E-state index is 8.89. The topological polar surface area (TPSA) is 58.9 Å². The molecule has 0 saturated carbocycles. The van der Waals surface area contributed by atoms with Gasteiger partial charge in [0.1, 0.15) is 12.4 Å². The molecule has 0 saturated heterocycles. The van der Waals surface area contributed by atoms with E-state index in [-0.39, 0.29) is 6.10 Å². The summed E-state index contributed by atoms with van der Waals surface area (Å²) in [6, 6.07) is 9.45. The van der Waals surface area contributed by atoms with Crippen LogP contribution in [0.25, 0.3) is 0 Å². The number of ether oxygens (including phenoxy) is 2. The Hall–Kier alpha value is -1.10. The van der Waals surface area contributed by atoms with Crippen molar-refractivity contribution in [2.45, 2.75) is 39.4 Å². The Balaban J connectivity index is 0.000000362. The Labute approximate surface area is 116 Å². The lowest BCUT2D eigenvalue weighted by Crippen LogP contribution is -2.12. The van der Waals surface area contributed by atoms with Crippen molar-refractivity contribution in [1.29, 1.82) is 0 Å². The maximum Gasteiger partial charge on any atom is 0.119 e. The average molecular weight is 270 g/mol. The number of aliphatic hydroxyl groups excluding tert-OH is 2. The van der Waals surface area contributed by atoms with Crippen LogP contribution in [-0.4, -0.2) is 42.2 Å². The van der Waals surface area contributed by atoms with Gasteiger partial charge in [0.15, 0.2) is 0 Å². The van der Waals surface area contributed by atoms with Gasteiger partial charge in [0.25, 0.3) is 0 Å². The van der Waals surface area contributed by atoms with E-state index in [0.29, 0.717) is 13.2 Å². The highest BCUT2D eigenvalue weighted by molar-refractivity contribution is 5.20. The maximum absolute atomic E-state index is 8.89. The highest BCUT2D eigenvalue weighted by Gasteiger charge is 1.95. The lowest BCUT2D eigenvalue weighted by molar-refractivity contribution is 0.0466. The van der Waals surface area contributed by atoms with Crippen LogP contribution < -0.4 is 4.74 Å². The third-order valence-electron chi connectivity index (χ3n) is 1.94. The van der Waals surface area contributed by atoms with E-state index in [1.165, 1.54) is 0 Å². The summed E-state index contributed by atoms with van der Waals surface area (Å²) in [4.78, 5) is 0. The zero-order chi connectivity index (χ0) is 14.5. The first-order chi connectivity index (χ1) is 9.06. The van der Waals surface area contributed by atoms with E-state index in [1.54, 1.807) is 13.8 Å². The number of hydrogen-bond donors (Lipinski definition) is 2. The van der Waals surface area contributed by atoms with E-state index in [2.05, 4.69) is 0 Å². The van der Waals surface area contributed by atoms with Gasteiger partial charge in [-0.2, -0.15) is 0 Å². The second-order valence-corrected chi connectivity index (χ2v) is 4.40. The largest absolute Gasteiger partial charge is 0.491 e. The van der Waals surface area contributed by atoms with Gasteiger partial charge in [-0.25, -0.2) is 0 Å². The minimum atomic E-state index is -0.407. The van der Waals surface area contributed by atoms with Gasteiger partial charge in [0.05, 0.1) is 18.8 Å². The second kappa shape index (κ2) is 12.0. The lowest BCUT2D eigenvalue weighted by Gasteiger charge is -2.06. The van der Waals surface area contributed by atoms with Crippen molar-refractivity contribution in [2.75, 3.05) is 19.8 Å². The Kier molecular flexibility index (Phi) is 11.3. The van der Waals surface area contributed by atoms with Crippen molar-refractivity contribution in [3.63, 3.8) is 0 Å². The molecule has 0 aliphatic carbocycles. The third-order valence-corrected chi connectivity index (χ3v) is 1.94. The smallest absolute Gasteiger partial charge is 0.119 e. The van der Waals surface area contributed by atoms with Crippen molar-refractivity contribution in [3.05, 3.63) is 30.3 Å². The van der Waals surface area contributed by atoms with Gasteiger partial charge in [-0.1, -0.05) is 25.1 Å². The van der Waals surface area contributed by atoms with Gasteiger partial charge in [-0.15, -0.1) is 0 Å². The van der Waals surface area contributed by atoms with Gasteiger partial charge in [0.2, 0.25) is 0 Å². The number of benzene rings is 1. The van der Waals surface area contributed by atoms with Gasteiger partial charge in [-0.3, -0.25) is 0 Å². The highest BCUT2D eigenvalue weighted by Crippen LogP contribution is 2.07. The number of rotatable bonds is 7. The van der Waals surface area contributed by atoms with Crippen molar-refractivity contribution in [1.82, 2.24) is 0 Å². The van der Waals surface area contributed by atoms with E-state index in [9.17, 15) is 0 Å². The predicted octanol–water partition coefficient (Wildman–Crippen LogP) is 2.24. The fourth-order valence-corrected chi connectivity index (χ4v) is 1.13. The monoisotopic (exact) mass is 270 g/mol. The summed E-state index contributed by atoms with van der Waals surface area (Å²) >= 11 is 0. The molecule has 2 atom stereocenters. The zero-order valence-corrected chi connectivity index (χ0v) is 12.1. The summed E-state index contributed by atoms with van der Waals surface area (Å²) < 4.78 is 10.2. The Morgan fingerprint density at radius 1 is 1.00 bits per heavy atom. The van der Waals surface area contributed by atoms with Crippen molar-refractivity contribution < 1.29 is 19.7 Å². The summed E-state index contributed by atoms with van der Waals surface area (Å²) in [5.74, 6) is 0.799. The number of para-hydroxylation sites is 1. The summed E-state index contributed by atoms with van der Waals surface area (Å²) in [6.07, 6.45) is 0.295. The molecule has 19 heavy (non-hydrogen) atoms. The molecule has 0 bridgehead atoms. The lowest BCUT2D eigenvalue weighted by atomic mass is 10.3. The third kappa shape index (κ3) is 13.1. The molecule has 0 radical (unpaired) electrons. The molecule has 0 aliphatic rings. The Morgan fingerprint density at radius 2 is 1.58 bits per heavy atom. The fourth-order valence-electron chi connectivity index (χ4n) is 1.13. The van der Waals surface area contributed by atoms with Crippen LogP contribution >= 0.6 is 0 Å². The van der Waals surface area contributed by atoms with Crippen LogP contribution in [0.4, 0.5) is 0 Å². The molecule has 0 spiro atoms. The standard InChI is InChI=1S/C9H12O2.C6H14O2/c1-8(10)7-11-9-5-3-2-4-6-9;1-3-4-8-5-6(2)7/h2-6,8,10H,7H2,1H3;6-7H,3-5H2,1-2H3. The zero-order valence-electron chi connectivity index (χ0n) is 12.1. The van der Waals surface area contributed by atoms with Gasteiger partial charge >= 0.3 is 0 Å². The molecule has 110 valence electrons. The van der Waals surface area contributed by atoms with Crippen molar-refractivity contribution in [3.8, 4) is 5.75 Å². The van der Waals surface area contributed by atoms with E-state index in [0.717, 1.165) is 18.8 Å². The van der Waals surface area contributed by atoms with Crippen molar-refractivity contribution >= 4 is 0 Å². The molecule has 1 aromatic rings. The molecule has 1 aromatic carbocycles. The number of aliphatic hydroxyl groups is 2. The van der Waals surface area contributed by atoms with Crippen molar-refractivity contribution in [2.24, 2.45) is 0 Å². The predicted molar refractivity (Wildman–Crippen MR) is 76.4 cm³/mol. The normalized spacial score (nSPS) is 13.1. The summed E-state index contributed by atoms with van der Waals surface area (Å²) in [5, 5.41) is 17.5. The van der Waals surface area contributed by atoms with E-state index in [1.807, 2.05) is 37.3 Å². The first-order valence-corrected chi connectivity index (χ1v) is 6.68. The Bertz CT molecular complexity index is 285. The minimum absolute atomic E-state index is 0.318. The van der Waals surface area contributed by atoms with E-state index >= 15 is 0 Å². The van der Waals surface area contributed by atoms with Crippen LogP contribution in [0.15, 0.2) is 30.3 Å². The molecular weight excluding hydrogens is 244 g/mol. The molecule has 0 amide bonds.